The summed E-state index contributed by atoms with van der Waals surface area (Å²) in [7, 11) is 1.36. The van der Waals surface area contributed by atoms with Crippen molar-refractivity contribution in [2.45, 2.75) is 38.1 Å². The zero-order chi connectivity index (χ0) is 25.9. The number of nitrogens with zero attached hydrogens (tertiary/aromatic N) is 1. The van der Waals surface area contributed by atoms with Gasteiger partial charge in [-0.3, -0.25) is 14.6 Å². The summed E-state index contributed by atoms with van der Waals surface area (Å²) < 4.78 is 59.0. The Bertz CT molecular complexity index is 1130. The van der Waals surface area contributed by atoms with Crippen LogP contribution in [-0.2, 0) is 11.3 Å². The minimum absolute atomic E-state index is 0.0289. The highest BCUT2D eigenvalue weighted by molar-refractivity contribution is 5.97. The molecule has 6 N–H and O–H groups in total. The summed E-state index contributed by atoms with van der Waals surface area (Å²) in [6.07, 6.45) is -4.89. The smallest absolute Gasteiger partial charge is 0.410 e. The van der Waals surface area contributed by atoms with Gasteiger partial charge in [0.25, 0.3) is 5.91 Å². The van der Waals surface area contributed by atoms with Gasteiger partial charge in [0, 0.05) is 6.54 Å². The Morgan fingerprint density at radius 3 is 2.40 bits per heavy atom. The molecule has 0 saturated heterocycles. The first-order valence-electron chi connectivity index (χ1n) is 10.6. The van der Waals surface area contributed by atoms with E-state index in [2.05, 4.69) is 10.7 Å². The van der Waals surface area contributed by atoms with E-state index in [-0.39, 0.29) is 35.7 Å². The molecule has 1 aliphatic rings. The van der Waals surface area contributed by atoms with E-state index in [9.17, 15) is 27.2 Å². The van der Waals surface area contributed by atoms with Gasteiger partial charge in [-0.05, 0) is 35.7 Å². The number of halogens is 4. The number of nitrogens with two attached hydrogens (primary N) is 2. The monoisotopic (exact) mass is 495 g/mol. The highest BCUT2D eigenvalue weighted by Crippen LogP contribution is 2.36. The van der Waals surface area contributed by atoms with Crippen molar-refractivity contribution in [1.29, 1.82) is 0 Å². The predicted octanol–water partition coefficient (Wildman–Crippen LogP) is 2.62. The number of carbonyl (C=O) groups is 2. The molecule has 35 heavy (non-hydrogen) atoms. The summed E-state index contributed by atoms with van der Waals surface area (Å²) >= 11 is 0. The average Bonchev–Trinajstić information content (AvgIpc) is 3.14. The number of hydrogen-bond acceptors (Lipinski definition) is 6. The Balaban J connectivity index is 1.76. The van der Waals surface area contributed by atoms with Gasteiger partial charge >= 0.3 is 6.18 Å². The molecule has 2 unspecified atom stereocenters. The van der Waals surface area contributed by atoms with Crippen molar-refractivity contribution in [2.24, 2.45) is 11.5 Å². The maximum atomic E-state index is 13.5. The maximum Gasteiger partial charge on any atom is 0.410 e. The number of benzene rings is 2. The summed E-state index contributed by atoms with van der Waals surface area (Å²) in [5, 5.41) is 3.38. The SMILES string of the molecule is CCC(N1NC(c2ccc(CNC(=O)c3cc(F)ccc3OC)cc2)C(C(N)=O)=C1N)C(F)(F)F. The highest BCUT2D eigenvalue weighted by atomic mass is 19.4. The Kier molecular flexibility index (Phi) is 7.54. The molecule has 0 aliphatic carbocycles. The second kappa shape index (κ2) is 10.2. The van der Waals surface area contributed by atoms with Gasteiger partial charge in [-0.2, -0.15) is 13.2 Å². The van der Waals surface area contributed by atoms with Crippen molar-refractivity contribution >= 4 is 11.8 Å². The van der Waals surface area contributed by atoms with Crippen LogP contribution in [0, 0.1) is 5.82 Å². The Hall–Kier alpha value is -3.80. The number of hydrogen-bond donors (Lipinski definition) is 4. The van der Waals surface area contributed by atoms with E-state index in [0.29, 0.717) is 11.1 Å². The van der Waals surface area contributed by atoms with Gasteiger partial charge < -0.3 is 21.5 Å². The molecule has 8 nitrogen and oxygen atoms in total. The Morgan fingerprint density at radius 1 is 1.20 bits per heavy atom. The molecule has 0 aromatic heterocycles. The number of hydrazine groups is 1. The predicted molar refractivity (Wildman–Crippen MR) is 119 cm³/mol. The van der Waals surface area contributed by atoms with E-state index in [4.69, 9.17) is 16.2 Å². The lowest BCUT2D eigenvalue weighted by molar-refractivity contribution is -0.186. The van der Waals surface area contributed by atoms with Crippen LogP contribution in [0.2, 0.25) is 0 Å². The first kappa shape index (κ1) is 25.8. The molecule has 3 rings (SSSR count). The molecule has 0 bridgehead atoms. The van der Waals surface area contributed by atoms with E-state index < -0.39 is 35.9 Å². The molecule has 1 heterocycles. The molecule has 2 amide bonds. The summed E-state index contributed by atoms with van der Waals surface area (Å²) in [6, 6.07) is 7.05. The number of nitrogens with one attached hydrogen (secondary N) is 2. The third kappa shape index (κ3) is 5.48. The van der Waals surface area contributed by atoms with E-state index in [1.807, 2.05) is 0 Å². The lowest BCUT2D eigenvalue weighted by Crippen LogP contribution is -2.50. The van der Waals surface area contributed by atoms with Crippen LogP contribution < -0.4 is 26.9 Å². The van der Waals surface area contributed by atoms with E-state index in [0.717, 1.165) is 11.1 Å². The van der Waals surface area contributed by atoms with Gasteiger partial charge in [0.05, 0.1) is 24.3 Å². The Morgan fingerprint density at radius 2 is 1.86 bits per heavy atom. The fourth-order valence-corrected chi connectivity index (χ4v) is 3.84. The molecule has 2 aromatic rings. The van der Waals surface area contributed by atoms with E-state index in [1.165, 1.54) is 26.2 Å². The molecule has 0 saturated carbocycles. The maximum absolute atomic E-state index is 13.5. The number of primary amides is 1. The van der Waals surface area contributed by atoms with Crippen molar-refractivity contribution in [3.8, 4) is 5.75 Å². The first-order valence-corrected chi connectivity index (χ1v) is 10.6. The molecule has 2 atom stereocenters. The summed E-state index contributed by atoms with van der Waals surface area (Å²) in [5.74, 6) is -2.26. The molecule has 12 heteroatoms. The number of rotatable bonds is 8. The Labute approximate surface area is 198 Å². The summed E-state index contributed by atoms with van der Waals surface area (Å²) in [4.78, 5) is 24.5. The fourth-order valence-electron chi connectivity index (χ4n) is 3.84. The van der Waals surface area contributed by atoms with Crippen LogP contribution in [-0.4, -0.2) is 36.2 Å². The van der Waals surface area contributed by atoms with Crippen LogP contribution in [0.5, 0.6) is 5.75 Å². The van der Waals surface area contributed by atoms with Crippen molar-refractivity contribution in [3.63, 3.8) is 0 Å². The lowest BCUT2D eigenvalue weighted by Gasteiger charge is -2.31. The van der Waals surface area contributed by atoms with Gasteiger partial charge in [-0.1, -0.05) is 31.2 Å². The molecule has 0 fully saturated rings. The van der Waals surface area contributed by atoms with Crippen molar-refractivity contribution < 1.29 is 31.9 Å². The van der Waals surface area contributed by atoms with E-state index in [1.54, 1.807) is 24.3 Å². The number of methoxy groups -OCH3 is 1. The molecule has 0 spiro atoms. The molecule has 1 aliphatic heterocycles. The third-order valence-electron chi connectivity index (χ3n) is 5.61. The van der Waals surface area contributed by atoms with Crippen LogP contribution in [0.25, 0.3) is 0 Å². The van der Waals surface area contributed by atoms with Gasteiger partial charge in [-0.15, -0.1) is 0 Å². The van der Waals surface area contributed by atoms with Gasteiger partial charge in [0.2, 0.25) is 5.91 Å². The number of carbonyl (C=O) groups excluding carboxylic acids is 2. The van der Waals surface area contributed by atoms with Gasteiger partial charge in [0.15, 0.2) is 0 Å². The first-order chi connectivity index (χ1) is 16.5. The summed E-state index contributed by atoms with van der Waals surface area (Å²) in [5.41, 5.74) is 14.9. The minimum Gasteiger partial charge on any atom is -0.496 e. The van der Waals surface area contributed by atoms with Crippen LogP contribution in [0.4, 0.5) is 17.6 Å². The van der Waals surface area contributed by atoms with Crippen molar-refractivity contribution in [2.75, 3.05) is 7.11 Å². The fraction of sp³-hybridized carbons (Fsp3) is 0.304. The van der Waals surface area contributed by atoms with Crippen molar-refractivity contribution in [1.82, 2.24) is 15.8 Å². The zero-order valence-electron chi connectivity index (χ0n) is 18.9. The standard InChI is InChI=1S/C23H25F4N5O3/c1-3-17(23(25,26)27)32-20(28)18(21(29)33)19(31-32)13-6-4-12(5-7-13)11-30-22(34)15-10-14(24)8-9-16(15)35-2/h4-10,17,19,31H,3,11,28H2,1-2H3,(H2,29,33)(H,30,34). The van der Waals surface area contributed by atoms with Gasteiger partial charge in [-0.25, -0.2) is 9.82 Å². The zero-order valence-corrected chi connectivity index (χ0v) is 18.9. The normalized spacial score (nSPS) is 16.9. The highest BCUT2D eigenvalue weighted by Gasteiger charge is 2.47. The molecule has 2 aromatic carbocycles. The number of ether oxygens (including phenoxy) is 1. The second-order valence-corrected chi connectivity index (χ2v) is 7.83. The van der Waals surface area contributed by atoms with Crippen molar-refractivity contribution in [3.05, 3.63) is 76.4 Å². The second-order valence-electron chi connectivity index (χ2n) is 7.83. The third-order valence-corrected chi connectivity index (χ3v) is 5.61. The lowest BCUT2D eigenvalue weighted by atomic mass is 9.98. The number of alkyl halides is 3. The molecular formula is C23H25F4N5O3. The average molecular weight is 495 g/mol. The van der Waals surface area contributed by atoms with E-state index >= 15 is 0 Å². The summed E-state index contributed by atoms with van der Waals surface area (Å²) in [6.45, 7) is 1.43. The molecule has 188 valence electrons. The quantitative estimate of drug-likeness (QED) is 0.418. The number of amides is 2. The minimum atomic E-state index is -4.59. The molecular weight excluding hydrogens is 470 g/mol. The largest absolute Gasteiger partial charge is 0.496 e. The van der Waals surface area contributed by atoms with Crippen LogP contribution in [0.1, 0.15) is 40.9 Å². The van der Waals surface area contributed by atoms with Crippen LogP contribution >= 0.6 is 0 Å². The topological polar surface area (TPSA) is 123 Å². The van der Waals surface area contributed by atoms with Gasteiger partial charge in [0.1, 0.15) is 23.4 Å². The van der Waals surface area contributed by atoms with Crippen LogP contribution in [0.15, 0.2) is 53.9 Å². The van der Waals surface area contributed by atoms with Crippen LogP contribution in [0.3, 0.4) is 0 Å². The molecule has 0 radical (unpaired) electrons.